The Bertz CT molecular complexity index is 677. The molecule has 0 aliphatic rings. The highest BCUT2D eigenvalue weighted by atomic mass is 35.5. The number of aliphatic carboxylic acids is 1. The molecule has 1 rings (SSSR count). The Morgan fingerprint density at radius 2 is 2.12 bits per heavy atom. The maximum absolute atomic E-state index is 12.4. The minimum absolute atomic E-state index is 0.0377. The van der Waals surface area contributed by atoms with E-state index in [0.717, 1.165) is 0 Å². The Balaban J connectivity index is 3.40. The van der Waals surface area contributed by atoms with E-state index in [1.807, 2.05) is 0 Å². The third kappa shape index (κ3) is 5.71. The highest BCUT2D eigenvalue weighted by Gasteiger charge is 2.27. The van der Waals surface area contributed by atoms with Crippen LogP contribution in [0.2, 0.25) is 0 Å². The number of aromatic nitrogens is 2. The smallest absolute Gasteiger partial charge is 0.349 e. The van der Waals surface area contributed by atoms with Gasteiger partial charge in [0.05, 0.1) is 24.6 Å². The number of rotatable bonds is 11. The molecular formula is C15H23ClN4O5. The second-order valence-corrected chi connectivity index (χ2v) is 5.77. The summed E-state index contributed by atoms with van der Waals surface area (Å²) in [6, 6.07) is 0. The average Bonchev–Trinajstić information content (AvgIpc) is 2.54. The van der Waals surface area contributed by atoms with Crippen molar-refractivity contribution in [2.24, 2.45) is 5.73 Å². The van der Waals surface area contributed by atoms with Crippen molar-refractivity contribution in [3.8, 4) is 0 Å². The minimum Gasteiger partial charge on any atom is -0.481 e. The molecule has 10 heteroatoms. The van der Waals surface area contributed by atoms with E-state index in [9.17, 15) is 14.4 Å². The molecule has 9 nitrogen and oxygen atoms in total. The zero-order chi connectivity index (χ0) is 19.0. The number of primary amides is 1. The van der Waals surface area contributed by atoms with Gasteiger partial charge in [0.1, 0.15) is 5.82 Å². The number of alkyl halides is 1. The van der Waals surface area contributed by atoms with Gasteiger partial charge in [-0.05, 0) is 26.7 Å². The number of halogens is 1. The lowest BCUT2D eigenvalue weighted by atomic mass is 9.97. The van der Waals surface area contributed by atoms with Crippen molar-refractivity contribution in [2.45, 2.75) is 45.6 Å². The molecule has 0 spiro atoms. The largest absolute Gasteiger partial charge is 0.481 e. The lowest BCUT2D eigenvalue weighted by Gasteiger charge is -2.20. The van der Waals surface area contributed by atoms with Gasteiger partial charge in [-0.2, -0.15) is 4.98 Å². The number of hydrogen-bond acceptors (Lipinski definition) is 6. The number of unbranched alkanes of at least 4 members (excludes halogenated alkanes) is 1. The van der Waals surface area contributed by atoms with Crippen LogP contribution in [0, 0.1) is 6.92 Å². The summed E-state index contributed by atoms with van der Waals surface area (Å²) in [7, 11) is 0. The molecule has 1 aromatic rings. The molecule has 1 aromatic heterocycles. The Kier molecular flexibility index (Phi) is 8.36. The molecule has 0 fully saturated rings. The van der Waals surface area contributed by atoms with E-state index in [2.05, 4.69) is 10.5 Å². The van der Waals surface area contributed by atoms with Gasteiger partial charge in [0.25, 0.3) is 0 Å². The van der Waals surface area contributed by atoms with Crippen LogP contribution in [0.1, 0.15) is 43.4 Å². The van der Waals surface area contributed by atoms with Crippen LogP contribution in [-0.4, -0.2) is 39.0 Å². The van der Waals surface area contributed by atoms with Crippen molar-refractivity contribution in [3.63, 3.8) is 0 Å². The average molecular weight is 375 g/mol. The van der Waals surface area contributed by atoms with E-state index >= 15 is 0 Å². The number of amides is 1. The highest BCUT2D eigenvalue weighted by molar-refractivity contribution is 6.17. The Hall–Kier alpha value is -2.13. The molecule has 1 unspecified atom stereocenters. The Labute approximate surface area is 150 Å². The molecule has 0 radical (unpaired) electrons. The molecule has 140 valence electrons. The molecule has 0 aliphatic carbocycles. The van der Waals surface area contributed by atoms with E-state index in [1.165, 1.54) is 4.57 Å². The van der Waals surface area contributed by atoms with Gasteiger partial charge >= 0.3 is 11.7 Å². The van der Waals surface area contributed by atoms with Crippen LogP contribution in [0.3, 0.4) is 0 Å². The van der Waals surface area contributed by atoms with E-state index in [0.29, 0.717) is 43.3 Å². The number of carbonyl (C=O) groups is 2. The normalized spacial score (nSPS) is 12.0. The molecule has 1 heterocycles. The quantitative estimate of drug-likeness (QED) is 0.298. The van der Waals surface area contributed by atoms with Crippen molar-refractivity contribution in [1.82, 2.24) is 9.55 Å². The second-order valence-electron chi connectivity index (χ2n) is 5.39. The van der Waals surface area contributed by atoms with Crippen molar-refractivity contribution < 1.29 is 19.5 Å². The summed E-state index contributed by atoms with van der Waals surface area (Å²) in [5, 5.41) is 8.99. The maximum atomic E-state index is 12.4. The van der Waals surface area contributed by atoms with Crippen molar-refractivity contribution >= 4 is 29.3 Å². The zero-order valence-electron chi connectivity index (χ0n) is 14.2. The topological polar surface area (TPSA) is 137 Å². The lowest BCUT2D eigenvalue weighted by Crippen LogP contribution is -2.33. The van der Waals surface area contributed by atoms with Crippen LogP contribution >= 0.6 is 11.6 Å². The Morgan fingerprint density at radius 1 is 1.44 bits per heavy atom. The third-order valence-electron chi connectivity index (χ3n) is 3.59. The molecule has 0 aliphatic heterocycles. The summed E-state index contributed by atoms with van der Waals surface area (Å²) in [4.78, 5) is 44.2. The standard InChI is InChI=1S/C15H23ClN4O5/c1-3-25-19-14-9(2)12(10(13(17)23)8-11(21)22)18-15(24)20(14)7-5-4-6-16/h10,19H,3-8H2,1-2H3,(H2,17,23)(H,21,22). The van der Waals surface area contributed by atoms with E-state index in [4.69, 9.17) is 27.3 Å². The zero-order valence-corrected chi connectivity index (χ0v) is 15.0. The van der Waals surface area contributed by atoms with Crippen LogP contribution in [0.4, 0.5) is 5.82 Å². The number of hydrogen-bond donors (Lipinski definition) is 3. The van der Waals surface area contributed by atoms with Crippen LogP contribution in [0.15, 0.2) is 4.79 Å². The first kappa shape index (κ1) is 20.9. The minimum atomic E-state index is -1.21. The van der Waals surface area contributed by atoms with Gasteiger partial charge in [-0.25, -0.2) is 4.79 Å². The molecule has 0 saturated heterocycles. The number of anilines is 1. The van der Waals surface area contributed by atoms with Crippen LogP contribution in [-0.2, 0) is 21.0 Å². The first-order chi connectivity index (χ1) is 11.8. The highest BCUT2D eigenvalue weighted by Crippen LogP contribution is 2.25. The number of nitrogens with zero attached hydrogens (tertiary/aromatic N) is 2. The van der Waals surface area contributed by atoms with Crippen LogP contribution in [0.25, 0.3) is 0 Å². The molecule has 0 bridgehead atoms. The van der Waals surface area contributed by atoms with Crippen molar-refractivity contribution in [3.05, 3.63) is 21.7 Å². The summed E-state index contributed by atoms with van der Waals surface area (Å²) < 4.78 is 1.37. The molecule has 1 amide bonds. The fourth-order valence-electron chi connectivity index (χ4n) is 2.36. The van der Waals surface area contributed by atoms with Gasteiger partial charge in [0.2, 0.25) is 5.91 Å². The molecule has 0 saturated carbocycles. The number of carboxylic acids is 1. The molecule has 1 atom stereocenters. The molecule has 0 aromatic carbocycles. The predicted molar refractivity (Wildman–Crippen MR) is 92.6 cm³/mol. The number of nitrogens with one attached hydrogen (secondary N) is 1. The van der Waals surface area contributed by atoms with Crippen molar-refractivity contribution in [1.29, 1.82) is 0 Å². The summed E-state index contributed by atoms with van der Waals surface area (Å²) >= 11 is 5.66. The van der Waals surface area contributed by atoms with Crippen molar-refractivity contribution in [2.75, 3.05) is 18.0 Å². The summed E-state index contributed by atoms with van der Waals surface area (Å²) in [6.07, 6.45) is 0.817. The lowest BCUT2D eigenvalue weighted by molar-refractivity contribution is -0.139. The van der Waals surface area contributed by atoms with Crippen LogP contribution in [0.5, 0.6) is 0 Å². The van der Waals surface area contributed by atoms with E-state index < -0.39 is 29.9 Å². The summed E-state index contributed by atoms with van der Waals surface area (Å²) in [6.45, 7) is 4.08. The fourth-order valence-corrected chi connectivity index (χ4v) is 2.55. The van der Waals surface area contributed by atoms with Gasteiger partial charge in [-0.1, -0.05) is 0 Å². The first-order valence-electron chi connectivity index (χ1n) is 7.89. The summed E-state index contributed by atoms with van der Waals surface area (Å²) in [5.41, 5.74) is 7.84. The van der Waals surface area contributed by atoms with E-state index in [-0.39, 0.29) is 5.69 Å². The maximum Gasteiger partial charge on any atom is 0.349 e. The number of nitrogens with two attached hydrogens (primary N) is 1. The van der Waals surface area contributed by atoms with Gasteiger partial charge in [-0.3, -0.25) is 24.5 Å². The third-order valence-corrected chi connectivity index (χ3v) is 3.85. The Morgan fingerprint density at radius 3 is 2.64 bits per heavy atom. The summed E-state index contributed by atoms with van der Waals surface area (Å²) in [5.74, 6) is -2.49. The second kappa shape index (κ2) is 10.00. The van der Waals surface area contributed by atoms with Gasteiger partial charge in [0.15, 0.2) is 0 Å². The molecule has 4 N–H and O–H groups in total. The van der Waals surface area contributed by atoms with E-state index in [1.54, 1.807) is 13.8 Å². The number of carbonyl (C=O) groups excluding carboxylic acids is 1. The van der Waals surface area contributed by atoms with Crippen LogP contribution < -0.4 is 16.9 Å². The predicted octanol–water partition coefficient (Wildman–Crippen LogP) is 0.978. The van der Waals surface area contributed by atoms with Gasteiger partial charge < -0.3 is 10.8 Å². The molecule has 25 heavy (non-hydrogen) atoms. The SMILES string of the molecule is CCONc1c(C)c(C(CC(=O)O)C(N)=O)nc(=O)n1CCCCCl. The fraction of sp³-hybridized carbons (Fsp3) is 0.600. The van der Waals surface area contributed by atoms with Gasteiger partial charge in [0, 0.05) is 18.0 Å². The first-order valence-corrected chi connectivity index (χ1v) is 8.43. The monoisotopic (exact) mass is 374 g/mol. The molecular weight excluding hydrogens is 352 g/mol. The number of carboxylic acid groups (broad SMARTS) is 1. The van der Waals surface area contributed by atoms with Gasteiger partial charge in [-0.15, -0.1) is 11.6 Å².